The first-order chi connectivity index (χ1) is 7.07. The van der Waals surface area contributed by atoms with E-state index >= 15 is 0 Å². The van der Waals surface area contributed by atoms with Crippen molar-refractivity contribution in [1.29, 1.82) is 0 Å². The topological polar surface area (TPSA) is 12.0 Å². The lowest BCUT2D eigenvalue weighted by atomic mass is 9.89. The zero-order valence-electron chi connectivity index (χ0n) is 9.79. The van der Waals surface area contributed by atoms with E-state index in [1.165, 1.54) is 11.1 Å². The molecule has 0 aliphatic heterocycles. The van der Waals surface area contributed by atoms with Gasteiger partial charge in [0.05, 0.1) is 0 Å². The Labute approximate surface area is 97.9 Å². The molecule has 1 nitrogen and oxygen atoms in total. The predicted octanol–water partition coefficient (Wildman–Crippen LogP) is 4.18. The Bertz CT molecular complexity index is 342. The molecule has 81 valence electrons. The Hall–Kier alpha value is -0.890. The van der Waals surface area contributed by atoms with Gasteiger partial charge < -0.3 is 5.32 Å². The van der Waals surface area contributed by atoms with Gasteiger partial charge in [-0.1, -0.05) is 52.0 Å². The number of nitrogens with one attached hydrogen (secondary N) is 1. The number of hydrogen-bond acceptors (Lipinski definition) is 1. The normalized spacial score (nSPS) is 10.8. The van der Waals surface area contributed by atoms with Gasteiger partial charge in [-0.15, -0.1) is 0 Å². The third-order valence-corrected chi connectivity index (χ3v) is 2.63. The van der Waals surface area contributed by atoms with Crippen LogP contribution < -0.4 is 5.32 Å². The van der Waals surface area contributed by atoms with Crippen molar-refractivity contribution < 1.29 is 0 Å². The van der Waals surface area contributed by atoms with Gasteiger partial charge in [-0.25, -0.2) is 0 Å². The van der Waals surface area contributed by atoms with E-state index in [9.17, 15) is 0 Å². The molecule has 1 radical (unpaired) electrons. The highest BCUT2D eigenvalue weighted by Crippen LogP contribution is 2.32. The van der Waals surface area contributed by atoms with Crippen molar-refractivity contribution in [3.8, 4) is 0 Å². The molecule has 0 amide bonds. The highest BCUT2D eigenvalue weighted by molar-refractivity contribution is 7.79. The van der Waals surface area contributed by atoms with Gasteiger partial charge in [-0.3, -0.25) is 0 Å². The van der Waals surface area contributed by atoms with Gasteiger partial charge >= 0.3 is 0 Å². The van der Waals surface area contributed by atoms with Crippen LogP contribution in [-0.4, -0.2) is 5.49 Å². The minimum Gasteiger partial charge on any atom is -0.344 e. The summed E-state index contributed by atoms with van der Waals surface area (Å²) in [6.07, 6.45) is 0. The van der Waals surface area contributed by atoms with E-state index in [1.807, 2.05) is 0 Å². The maximum absolute atomic E-state index is 4.73. The van der Waals surface area contributed by atoms with Gasteiger partial charge in [0.15, 0.2) is 0 Å². The summed E-state index contributed by atoms with van der Waals surface area (Å²) >= 11 is 4.73. The molecule has 1 aromatic rings. The molecule has 1 aromatic carbocycles. The van der Waals surface area contributed by atoms with Gasteiger partial charge in [0.1, 0.15) is 5.49 Å². The molecule has 0 saturated carbocycles. The second kappa shape index (κ2) is 5.26. The summed E-state index contributed by atoms with van der Waals surface area (Å²) in [4.78, 5) is 0. The molecule has 0 aliphatic rings. The third kappa shape index (κ3) is 2.78. The van der Waals surface area contributed by atoms with Crippen LogP contribution in [0, 0.1) is 0 Å². The van der Waals surface area contributed by atoms with E-state index in [4.69, 9.17) is 12.2 Å². The minimum absolute atomic E-state index is 0.495. The monoisotopic (exact) mass is 220 g/mol. The van der Waals surface area contributed by atoms with E-state index < -0.39 is 0 Å². The molecule has 0 heterocycles. The summed E-state index contributed by atoms with van der Waals surface area (Å²) in [5, 5.41) is 3.02. The van der Waals surface area contributed by atoms with Crippen molar-refractivity contribution >= 4 is 23.4 Å². The summed E-state index contributed by atoms with van der Waals surface area (Å²) < 4.78 is 0. The summed E-state index contributed by atoms with van der Waals surface area (Å²) in [6.45, 7) is 8.84. The largest absolute Gasteiger partial charge is 0.344 e. The summed E-state index contributed by atoms with van der Waals surface area (Å²) in [6, 6.07) is 6.31. The molecular weight excluding hydrogens is 202 g/mol. The molecule has 0 bridgehead atoms. The zero-order chi connectivity index (χ0) is 11.4. The van der Waals surface area contributed by atoms with E-state index in [2.05, 4.69) is 56.7 Å². The Morgan fingerprint density at radius 3 is 2.27 bits per heavy atom. The summed E-state index contributed by atoms with van der Waals surface area (Å²) in [7, 11) is 0. The lowest BCUT2D eigenvalue weighted by molar-refractivity contribution is 0.793. The Morgan fingerprint density at radius 1 is 1.13 bits per heavy atom. The highest BCUT2D eigenvalue weighted by atomic mass is 32.1. The molecule has 0 aliphatic carbocycles. The van der Waals surface area contributed by atoms with Crippen LogP contribution in [0.25, 0.3) is 0 Å². The van der Waals surface area contributed by atoms with E-state index in [0.717, 1.165) is 5.69 Å². The van der Waals surface area contributed by atoms with E-state index in [0.29, 0.717) is 11.8 Å². The Balaban J connectivity index is 3.27. The quantitative estimate of drug-likeness (QED) is 0.603. The van der Waals surface area contributed by atoms with Crippen molar-refractivity contribution in [3.63, 3.8) is 0 Å². The average Bonchev–Trinajstić information content (AvgIpc) is 2.17. The molecule has 1 N–H and O–H groups in total. The van der Waals surface area contributed by atoms with Gasteiger partial charge in [0.2, 0.25) is 0 Å². The highest BCUT2D eigenvalue weighted by Gasteiger charge is 2.13. The van der Waals surface area contributed by atoms with Crippen LogP contribution in [0.3, 0.4) is 0 Å². The number of benzene rings is 1. The van der Waals surface area contributed by atoms with Gasteiger partial charge in [0, 0.05) is 5.69 Å². The number of rotatable bonds is 4. The zero-order valence-corrected chi connectivity index (χ0v) is 10.6. The Morgan fingerprint density at radius 2 is 1.80 bits per heavy atom. The second-order valence-electron chi connectivity index (χ2n) is 4.34. The van der Waals surface area contributed by atoms with Crippen LogP contribution in [0.4, 0.5) is 5.69 Å². The fourth-order valence-corrected chi connectivity index (χ4v) is 2.00. The van der Waals surface area contributed by atoms with Gasteiger partial charge in [0.25, 0.3) is 0 Å². The number of anilines is 1. The van der Waals surface area contributed by atoms with Gasteiger partial charge in [-0.2, -0.15) is 0 Å². The predicted molar refractivity (Wildman–Crippen MR) is 70.8 cm³/mol. The van der Waals surface area contributed by atoms with Gasteiger partial charge in [-0.05, 0) is 29.0 Å². The van der Waals surface area contributed by atoms with Crippen LogP contribution in [0.5, 0.6) is 0 Å². The standard InChI is InChI=1S/C13H18NS/c1-9(2)11-6-5-7-12(14-8-15)13(11)10(3)4/h5-7,9-10H,1-4H3,(H,14,15). The molecule has 0 saturated heterocycles. The molecule has 0 atom stereocenters. The van der Waals surface area contributed by atoms with E-state index in [1.54, 1.807) is 0 Å². The molecule has 0 fully saturated rings. The molecule has 0 aromatic heterocycles. The van der Waals surface area contributed by atoms with Crippen LogP contribution in [0.15, 0.2) is 18.2 Å². The molecule has 0 unspecified atom stereocenters. The van der Waals surface area contributed by atoms with Crippen LogP contribution in [0.1, 0.15) is 50.7 Å². The van der Waals surface area contributed by atoms with E-state index in [-0.39, 0.29) is 0 Å². The maximum atomic E-state index is 4.73. The van der Waals surface area contributed by atoms with Crippen molar-refractivity contribution in [3.05, 3.63) is 29.3 Å². The number of thiocarbonyl (C=S) groups is 1. The lowest BCUT2D eigenvalue weighted by Crippen LogP contribution is -2.04. The van der Waals surface area contributed by atoms with Crippen molar-refractivity contribution in [2.24, 2.45) is 0 Å². The first kappa shape index (κ1) is 12.2. The molecule has 15 heavy (non-hydrogen) atoms. The fraction of sp³-hybridized carbons (Fsp3) is 0.462. The lowest BCUT2D eigenvalue weighted by Gasteiger charge is -2.19. The SMILES string of the molecule is CC(C)c1cccc(N[C]=S)c1C(C)C. The summed E-state index contributed by atoms with van der Waals surface area (Å²) in [5.41, 5.74) is 6.41. The smallest absolute Gasteiger partial charge is 0.138 e. The van der Waals surface area contributed by atoms with Crippen LogP contribution in [0.2, 0.25) is 0 Å². The van der Waals surface area contributed by atoms with Crippen molar-refractivity contribution in [2.45, 2.75) is 39.5 Å². The average molecular weight is 220 g/mol. The molecule has 0 spiro atoms. The number of hydrogen-bond donors (Lipinski definition) is 1. The molecular formula is C13H18NS. The third-order valence-electron chi connectivity index (χ3n) is 2.52. The van der Waals surface area contributed by atoms with Crippen LogP contribution >= 0.6 is 12.2 Å². The van der Waals surface area contributed by atoms with Crippen LogP contribution in [-0.2, 0) is 0 Å². The maximum Gasteiger partial charge on any atom is 0.138 e. The molecule has 2 heteroatoms. The fourth-order valence-electron chi connectivity index (χ4n) is 1.89. The summed E-state index contributed by atoms with van der Waals surface area (Å²) in [5.74, 6) is 1.03. The minimum atomic E-state index is 0.495. The van der Waals surface area contributed by atoms with Crippen molar-refractivity contribution in [1.82, 2.24) is 0 Å². The van der Waals surface area contributed by atoms with Crippen molar-refractivity contribution in [2.75, 3.05) is 5.32 Å². The molecule has 1 rings (SSSR count). The second-order valence-corrected chi connectivity index (χ2v) is 4.55. The first-order valence-electron chi connectivity index (χ1n) is 5.33. The first-order valence-corrected chi connectivity index (χ1v) is 5.74. The Kier molecular flexibility index (Phi) is 4.28.